The highest BCUT2D eigenvalue weighted by atomic mass is 32.1. The normalized spacial score (nSPS) is 10.7. The molecule has 0 saturated heterocycles. The summed E-state index contributed by atoms with van der Waals surface area (Å²) in [5.74, 6) is 0.948. The molecular formula is C15H14NOS+. The smallest absolute Gasteiger partial charge is 0.227 e. The zero-order valence-electron chi connectivity index (χ0n) is 10.2. The third kappa shape index (κ3) is 1.97. The van der Waals surface area contributed by atoms with Crippen molar-refractivity contribution in [3.8, 4) is 5.75 Å². The van der Waals surface area contributed by atoms with Gasteiger partial charge in [0, 0.05) is 11.6 Å². The van der Waals surface area contributed by atoms with Crippen LogP contribution in [0.15, 0.2) is 54.0 Å². The maximum Gasteiger partial charge on any atom is 0.227 e. The first kappa shape index (κ1) is 11.2. The van der Waals surface area contributed by atoms with Gasteiger partial charge in [0.15, 0.2) is 6.54 Å². The predicted molar refractivity (Wildman–Crippen MR) is 74.1 cm³/mol. The first-order valence-electron chi connectivity index (χ1n) is 5.86. The minimum atomic E-state index is 0.897. The Balaban J connectivity index is 2.03. The molecule has 1 aromatic heterocycles. The molecule has 0 fully saturated rings. The second-order valence-corrected chi connectivity index (χ2v) is 5.00. The molecular weight excluding hydrogens is 242 g/mol. The van der Waals surface area contributed by atoms with Crippen molar-refractivity contribution in [1.29, 1.82) is 0 Å². The van der Waals surface area contributed by atoms with E-state index in [1.807, 2.05) is 18.2 Å². The van der Waals surface area contributed by atoms with E-state index < -0.39 is 0 Å². The quantitative estimate of drug-likeness (QED) is 0.656. The van der Waals surface area contributed by atoms with Crippen molar-refractivity contribution in [3.05, 3.63) is 59.6 Å². The van der Waals surface area contributed by atoms with E-state index in [4.69, 9.17) is 4.74 Å². The van der Waals surface area contributed by atoms with Gasteiger partial charge in [0.05, 0.1) is 7.11 Å². The maximum absolute atomic E-state index is 5.39. The molecule has 0 aliphatic rings. The molecule has 3 heteroatoms. The van der Waals surface area contributed by atoms with E-state index in [2.05, 4.69) is 40.4 Å². The molecule has 90 valence electrons. The first-order chi connectivity index (χ1) is 8.88. The van der Waals surface area contributed by atoms with E-state index >= 15 is 0 Å². The first-order valence-corrected chi connectivity index (χ1v) is 6.74. The molecule has 0 atom stereocenters. The fourth-order valence-electron chi connectivity index (χ4n) is 2.09. The number of hydrogen-bond acceptors (Lipinski definition) is 2. The van der Waals surface area contributed by atoms with Gasteiger partial charge < -0.3 is 4.74 Å². The molecule has 0 aliphatic heterocycles. The van der Waals surface area contributed by atoms with Crippen LogP contribution in [-0.4, -0.2) is 7.11 Å². The second kappa shape index (κ2) is 4.78. The summed E-state index contributed by atoms with van der Waals surface area (Å²) >= 11 is 1.72. The standard InChI is InChI=1S/C15H14NOS/c1-17-14-9-5-8-13-15(14)18-11-16(13)10-12-6-3-2-4-7-12/h2-9,11H,10H2,1H3/q+1. The van der Waals surface area contributed by atoms with Crippen molar-refractivity contribution in [2.75, 3.05) is 7.11 Å². The van der Waals surface area contributed by atoms with E-state index in [1.54, 1.807) is 18.4 Å². The highest BCUT2D eigenvalue weighted by Crippen LogP contribution is 2.27. The van der Waals surface area contributed by atoms with Crippen LogP contribution in [0.2, 0.25) is 0 Å². The van der Waals surface area contributed by atoms with Gasteiger partial charge in [-0.2, -0.15) is 4.57 Å². The van der Waals surface area contributed by atoms with Crippen LogP contribution in [0.25, 0.3) is 10.2 Å². The van der Waals surface area contributed by atoms with Crippen molar-refractivity contribution in [3.63, 3.8) is 0 Å². The molecule has 0 spiro atoms. The van der Waals surface area contributed by atoms with E-state index in [0.717, 1.165) is 12.3 Å². The number of thiazole rings is 1. The third-order valence-corrected chi connectivity index (χ3v) is 3.99. The van der Waals surface area contributed by atoms with E-state index in [-0.39, 0.29) is 0 Å². The summed E-state index contributed by atoms with van der Waals surface area (Å²) in [6, 6.07) is 16.7. The molecule has 1 heterocycles. The molecule has 2 aromatic carbocycles. The Kier molecular flexibility index (Phi) is 2.99. The summed E-state index contributed by atoms with van der Waals surface area (Å²) in [4.78, 5) is 0. The summed E-state index contributed by atoms with van der Waals surface area (Å²) in [6.07, 6.45) is 0. The van der Waals surface area contributed by atoms with Crippen LogP contribution in [0.1, 0.15) is 5.56 Å². The lowest BCUT2D eigenvalue weighted by Gasteiger charge is -1.99. The highest BCUT2D eigenvalue weighted by Gasteiger charge is 2.15. The zero-order valence-corrected chi connectivity index (χ0v) is 11.0. The fourth-order valence-corrected chi connectivity index (χ4v) is 3.08. The number of benzene rings is 2. The summed E-state index contributed by atoms with van der Waals surface area (Å²) in [7, 11) is 1.72. The number of aromatic nitrogens is 1. The Hall–Kier alpha value is -1.87. The fraction of sp³-hybridized carbons (Fsp3) is 0.133. The molecule has 3 aromatic rings. The van der Waals surface area contributed by atoms with Crippen LogP contribution in [0.3, 0.4) is 0 Å². The molecule has 0 saturated carbocycles. The number of fused-ring (bicyclic) bond motifs is 1. The van der Waals surface area contributed by atoms with Crippen molar-refractivity contribution < 1.29 is 9.30 Å². The van der Waals surface area contributed by atoms with Gasteiger partial charge in [-0.3, -0.25) is 0 Å². The van der Waals surface area contributed by atoms with Gasteiger partial charge in [-0.1, -0.05) is 47.7 Å². The molecule has 18 heavy (non-hydrogen) atoms. The van der Waals surface area contributed by atoms with Gasteiger partial charge in [-0.05, 0) is 6.07 Å². The number of hydrogen-bond donors (Lipinski definition) is 0. The summed E-state index contributed by atoms with van der Waals surface area (Å²) < 4.78 is 8.85. The molecule has 0 bridgehead atoms. The number of ether oxygens (including phenoxy) is 1. The van der Waals surface area contributed by atoms with Crippen LogP contribution in [0.4, 0.5) is 0 Å². The van der Waals surface area contributed by atoms with Gasteiger partial charge in [0.25, 0.3) is 0 Å². The largest absolute Gasteiger partial charge is 0.495 e. The Morgan fingerprint density at radius 3 is 2.67 bits per heavy atom. The number of methoxy groups -OCH3 is 1. The van der Waals surface area contributed by atoms with Crippen molar-refractivity contribution in [1.82, 2.24) is 0 Å². The van der Waals surface area contributed by atoms with Crippen LogP contribution in [0.5, 0.6) is 5.75 Å². The third-order valence-electron chi connectivity index (χ3n) is 2.98. The van der Waals surface area contributed by atoms with E-state index in [9.17, 15) is 0 Å². The van der Waals surface area contributed by atoms with E-state index in [1.165, 1.54) is 15.8 Å². The second-order valence-electron chi connectivity index (χ2n) is 4.15. The lowest BCUT2D eigenvalue weighted by Crippen LogP contribution is -2.31. The summed E-state index contributed by atoms with van der Waals surface area (Å²) in [6.45, 7) is 0.897. The number of nitrogens with zero attached hydrogens (tertiary/aromatic N) is 1. The lowest BCUT2D eigenvalue weighted by atomic mass is 10.2. The maximum atomic E-state index is 5.39. The average molecular weight is 256 g/mol. The van der Waals surface area contributed by atoms with Crippen LogP contribution >= 0.6 is 11.3 Å². The topological polar surface area (TPSA) is 13.1 Å². The Bertz CT molecular complexity index is 661. The van der Waals surface area contributed by atoms with Crippen molar-refractivity contribution in [2.45, 2.75) is 6.54 Å². The molecule has 0 aliphatic carbocycles. The monoisotopic (exact) mass is 256 g/mol. The predicted octanol–water partition coefficient (Wildman–Crippen LogP) is 3.25. The van der Waals surface area contributed by atoms with Crippen LogP contribution in [0, 0.1) is 0 Å². The minimum absolute atomic E-state index is 0.897. The lowest BCUT2D eigenvalue weighted by molar-refractivity contribution is -0.658. The van der Waals surface area contributed by atoms with Gasteiger partial charge in [-0.15, -0.1) is 0 Å². The van der Waals surface area contributed by atoms with Crippen LogP contribution < -0.4 is 9.30 Å². The molecule has 0 N–H and O–H groups in total. The zero-order chi connectivity index (χ0) is 12.4. The molecule has 0 unspecified atom stereocenters. The molecule has 0 amide bonds. The van der Waals surface area contributed by atoms with Crippen LogP contribution in [-0.2, 0) is 6.54 Å². The molecule has 3 rings (SSSR count). The van der Waals surface area contributed by atoms with Gasteiger partial charge in [-0.25, -0.2) is 0 Å². The summed E-state index contributed by atoms with van der Waals surface area (Å²) in [5, 5.41) is 0. The van der Waals surface area contributed by atoms with Gasteiger partial charge >= 0.3 is 0 Å². The van der Waals surface area contributed by atoms with Gasteiger partial charge in [0.2, 0.25) is 11.0 Å². The van der Waals surface area contributed by atoms with Gasteiger partial charge in [0.1, 0.15) is 10.4 Å². The van der Waals surface area contributed by atoms with E-state index in [0.29, 0.717) is 0 Å². The average Bonchev–Trinajstić information content (AvgIpc) is 2.83. The highest BCUT2D eigenvalue weighted by molar-refractivity contribution is 7.16. The SMILES string of the molecule is COc1cccc2c1sc[n+]2Cc1ccccc1. The molecule has 0 radical (unpaired) electrons. The van der Waals surface area contributed by atoms with Crippen molar-refractivity contribution >= 4 is 21.6 Å². The Morgan fingerprint density at radius 1 is 1.06 bits per heavy atom. The minimum Gasteiger partial charge on any atom is -0.495 e. The Morgan fingerprint density at radius 2 is 1.89 bits per heavy atom. The van der Waals surface area contributed by atoms with Crippen molar-refractivity contribution in [2.24, 2.45) is 0 Å². The number of rotatable bonds is 3. The molecule has 2 nitrogen and oxygen atoms in total. The summed E-state index contributed by atoms with van der Waals surface area (Å²) in [5.41, 5.74) is 4.69. The Labute approximate surface area is 110 Å².